The van der Waals surface area contributed by atoms with Crippen molar-refractivity contribution in [3.63, 3.8) is 0 Å². The molecule has 1 fully saturated rings. The summed E-state index contributed by atoms with van der Waals surface area (Å²) >= 11 is 0. The lowest BCUT2D eigenvalue weighted by Gasteiger charge is -2.10. The van der Waals surface area contributed by atoms with Crippen molar-refractivity contribution in [2.24, 2.45) is 0 Å². The summed E-state index contributed by atoms with van der Waals surface area (Å²) in [6.45, 7) is 1.98. The molecule has 2 aliphatic heterocycles. The zero-order chi connectivity index (χ0) is 9.38. The van der Waals surface area contributed by atoms with E-state index in [-0.39, 0.29) is 6.23 Å². The third kappa shape index (κ3) is 1.23. The molecule has 14 heavy (non-hydrogen) atoms. The monoisotopic (exact) mass is 193 g/mol. The van der Waals surface area contributed by atoms with Crippen LogP contribution in [0.15, 0.2) is 18.2 Å². The maximum absolute atomic E-state index is 5.49. The average Bonchev–Trinajstić information content (AvgIpc) is 2.88. The Labute approximate surface area is 81.8 Å². The lowest BCUT2D eigenvalue weighted by molar-refractivity contribution is 0.102. The van der Waals surface area contributed by atoms with Crippen LogP contribution in [-0.2, 0) is 4.74 Å². The van der Waals surface area contributed by atoms with Crippen molar-refractivity contribution >= 4 is 0 Å². The highest BCUT2D eigenvalue weighted by Gasteiger charge is 2.20. The number of rotatable bonds is 1. The Kier molecular flexibility index (Phi) is 1.82. The van der Waals surface area contributed by atoms with Crippen LogP contribution in [0.5, 0.6) is 11.5 Å². The molecule has 0 radical (unpaired) electrons. The van der Waals surface area contributed by atoms with Gasteiger partial charge in [0.1, 0.15) is 6.23 Å². The number of fused-ring (bicyclic) bond motifs is 1. The first-order valence-electron chi connectivity index (χ1n) is 4.68. The minimum atomic E-state index is 0.00417. The van der Waals surface area contributed by atoms with Gasteiger partial charge in [0.2, 0.25) is 6.79 Å². The van der Waals surface area contributed by atoms with Crippen LogP contribution in [-0.4, -0.2) is 19.9 Å². The van der Waals surface area contributed by atoms with Gasteiger partial charge >= 0.3 is 0 Å². The van der Waals surface area contributed by atoms with Gasteiger partial charge in [0.15, 0.2) is 11.5 Å². The van der Waals surface area contributed by atoms with E-state index in [9.17, 15) is 0 Å². The van der Waals surface area contributed by atoms with Gasteiger partial charge in [-0.25, -0.2) is 0 Å². The van der Waals surface area contributed by atoms with Crippen LogP contribution in [0.25, 0.3) is 0 Å². The minimum Gasteiger partial charge on any atom is -0.454 e. The SMILES string of the molecule is c1cc2c(cc1C1NCCO1)OCO2. The summed E-state index contributed by atoms with van der Waals surface area (Å²) in [5, 5.41) is 3.25. The lowest BCUT2D eigenvalue weighted by Crippen LogP contribution is -2.13. The van der Waals surface area contributed by atoms with Gasteiger partial charge in [-0.2, -0.15) is 0 Å². The Morgan fingerprint density at radius 2 is 2.14 bits per heavy atom. The van der Waals surface area contributed by atoms with E-state index < -0.39 is 0 Å². The molecule has 4 heteroatoms. The van der Waals surface area contributed by atoms with Crippen molar-refractivity contribution in [3.8, 4) is 11.5 Å². The second kappa shape index (κ2) is 3.15. The third-order valence-corrected chi connectivity index (χ3v) is 2.42. The van der Waals surface area contributed by atoms with Gasteiger partial charge in [-0.05, 0) is 17.7 Å². The fraction of sp³-hybridized carbons (Fsp3) is 0.400. The lowest BCUT2D eigenvalue weighted by atomic mass is 10.2. The molecule has 1 aromatic carbocycles. The Hall–Kier alpha value is -1.26. The molecular formula is C10H11NO3. The summed E-state index contributed by atoms with van der Waals surface area (Å²) in [6, 6.07) is 5.88. The molecule has 2 aliphatic rings. The van der Waals surface area contributed by atoms with Crippen LogP contribution in [0, 0.1) is 0 Å². The molecule has 1 aromatic rings. The Morgan fingerprint density at radius 1 is 1.21 bits per heavy atom. The molecule has 0 aromatic heterocycles. The van der Waals surface area contributed by atoms with Gasteiger partial charge in [0.25, 0.3) is 0 Å². The Balaban J connectivity index is 1.91. The van der Waals surface area contributed by atoms with Crippen molar-refractivity contribution in [2.45, 2.75) is 6.23 Å². The smallest absolute Gasteiger partial charge is 0.231 e. The number of hydrogen-bond donors (Lipinski definition) is 1. The Morgan fingerprint density at radius 3 is 3.00 bits per heavy atom. The van der Waals surface area contributed by atoms with Crippen molar-refractivity contribution in [2.75, 3.05) is 19.9 Å². The van der Waals surface area contributed by atoms with E-state index in [1.165, 1.54) is 0 Å². The fourth-order valence-electron chi connectivity index (χ4n) is 1.72. The van der Waals surface area contributed by atoms with Crippen LogP contribution in [0.3, 0.4) is 0 Å². The molecule has 2 heterocycles. The highest BCUT2D eigenvalue weighted by molar-refractivity contribution is 5.45. The standard InChI is InChI=1S/C10H11NO3/c1-2-8-9(14-6-13-8)5-7(1)10-11-3-4-12-10/h1-2,5,10-11H,3-4,6H2. The van der Waals surface area contributed by atoms with Crippen LogP contribution in [0.4, 0.5) is 0 Å². The van der Waals surface area contributed by atoms with E-state index in [2.05, 4.69) is 5.32 Å². The first kappa shape index (κ1) is 8.08. The zero-order valence-corrected chi connectivity index (χ0v) is 7.66. The highest BCUT2D eigenvalue weighted by atomic mass is 16.7. The summed E-state index contributed by atoms with van der Waals surface area (Å²) in [5.74, 6) is 1.62. The summed E-state index contributed by atoms with van der Waals surface area (Å²) in [7, 11) is 0. The van der Waals surface area contributed by atoms with Crippen LogP contribution >= 0.6 is 0 Å². The summed E-state index contributed by atoms with van der Waals surface area (Å²) in [4.78, 5) is 0. The average molecular weight is 193 g/mol. The number of nitrogens with one attached hydrogen (secondary N) is 1. The molecule has 1 N–H and O–H groups in total. The predicted molar refractivity (Wildman–Crippen MR) is 49.3 cm³/mol. The first-order chi connectivity index (χ1) is 6.93. The van der Waals surface area contributed by atoms with E-state index in [1.807, 2.05) is 18.2 Å². The van der Waals surface area contributed by atoms with Gasteiger partial charge in [-0.15, -0.1) is 0 Å². The molecule has 0 spiro atoms. The van der Waals surface area contributed by atoms with E-state index in [1.54, 1.807) is 0 Å². The van der Waals surface area contributed by atoms with Gasteiger partial charge in [0.05, 0.1) is 6.61 Å². The molecule has 1 atom stereocenters. The minimum absolute atomic E-state index is 0.00417. The number of benzene rings is 1. The molecule has 4 nitrogen and oxygen atoms in total. The molecule has 1 unspecified atom stereocenters. The molecular weight excluding hydrogens is 182 g/mol. The van der Waals surface area contributed by atoms with Gasteiger partial charge < -0.3 is 14.2 Å². The molecule has 0 amide bonds. The molecule has 3 rings (SSSR count). The van der Waals surface area contributed by atoms with Gasteiger partial charge in [-0.1, -0.05) is 6.07 Å². The molecule has 0 bridgehead atoms. The predicted octanol–water partition coefficient (Wildman–Crippen LogP) is 1.03. The summed E-state index contributed by atoms with van der Waals surface area (Å²) in [6.07, 6.45) is 0.00417. The fourth-order valence-corrected chi connectivity index (χ4v) is 1.72. The summed E-state index contributed by atoms with van der Waals surface area (Å²) in [5.41, 5.74) is 1.09. The maximum atomic E-state index is 5.49. The van der Waals surface area contributed by atoms with E-state index in [0.29, 0.717) is 6.79 Å². The van der Waals surface area contributed by atoms with Crippen molar-refractivity contribution in [1.29, 1.82) is 0 Å². The number of ether oxygens (including phenoxy) is 3. The first-order valence-corrected chi connectivity index (χ1v) is 4.68. The highest BCUT2D eigenvalue weighted by Crippen LogP contribution is 2.34. The van der Waals surface area contributed by atoms with Crippen molar-refractivity contribution < 1.29 is 14.2 Å². The molecule has 1 saturated heterocycles. The quantitative estimate of drug-likeness (QED) is 0.723. The van der Waals surface area contributed by atoms with Crippen LogP contribution in [0.2, 0.25) is 0 Å². The van der Waals surface area contributed by atoms with Crippen molar-refractivity contribution in [1.82, 2.24) is 5.32 Å². The molecule has 0 aliphatic carbocycles. The topological polar surface area (TPSA) is 39.7 Å². The Bertz CT molecular complexity index is 347. The zero-order valence-electron chi connectivity index (χ0n) is 7.66. The van der Waals surface area contributed by atoms with Gasteiger partial charge in [0, 0.05) is 6.54 Å². The second-order valence-electron chi connectivity index (χ2n) is 3.32. The van der Waals surface area contributed by atoms with Crippen LogP contribution in [0.1, 0.15) is 11.8 Å². The van der Waals surface area contributed by atoms with E-state index >= 15 is 0 Å². The van der Waals surface area contributed by atoms with E-state index in [0.717, 1.165) is 30.2 Å². The maximum Gasteiger partial charge on any atom is 0.231 e. The normalized spacial score (nSPS) is 24.1. The largest absolute Gasteiger partial charge is 0.454 e. The molecule has 74 valence electrons. The number of hydrogen-bond acceptors (Lipinski definition) is 4. The van der Waals surface area contributed by atoms with E-state index in [4.69, 9.17) is 14.2 Å². The molecule has 0 saturated carbocycles. The second-order valence-corrected chi connectivity index (χ2v) is 3.32. The van der Waals surface area contributed by atoms with Crippen molar-refractivity contribution in [3.05, 3.63) is 23.8 Å². The van der Waals surface area contributed by atoms with Crippen LogP contribution < -0.4 is 14.8 Å². The summed E-state index contributed by atoms with van der Waals surface area (Å²) < 4.78 is 16.0. The third-order valence-electron chi connectivity index (χ3n) is 2.42. The van der Waals surface area contributed by atoms with Gasteiger partial charge in [-0.3, -0.25) is 5.32 Å².